The number of hydrogen-bond acceptors (Lipinski definition) is 2. The van der Waals surface area contributed by atoms with E-state index in [1.807, 2.05) is 6.92 Å². The third kappa shape index (κ3) is 1.04. The molecule has 0 aromatic rings. The Kier molecular flexibility index (Phi) is 1.20. The second-order valence-corrected chi connectivity index (χ2v) is 2.32. The molecule has 1 unspecified atom stereocenters. The van der Waals surface area contributed by atoms with E-state index in [2.05, 4.69) is 16.6 Å². The van der Waals surface area contributed by atoms with Crippen molar-refractivity contribution in [3.63, 3.8) is 0 Å². The molecule has 0 aromatic heterocycles. The van der Waals surface area contributed by atoms with Gasteiger partial charge in [0.1, 0.15) is 6.61 Å². The molecule has 3 heteroatoms. The van der Waals surface area contributed by atoms with Gasteiger partial charge in [0.25, 0.3) is 0 Å². The van der Waals surface area contributed by atoms with E-state index < -0.39 is 0 Å². The molecule has 0 aromatic carbocycles. The molecule has 1 saturated heterocycles. The third-order valence-corrected chi connectivity index (χ3v) is 1.34. The highest BCUT2D eigenvalue weighted by Gasteiger charge is 2.31. The first kappa shape index (κ1) is 6.13. The smallest absolute Gasteiger partial charge is 0.408 e. The number of cyclic esters (lactones) is 1. The standard InChI is InChI=1S/C6H9NO2/c1-3-6(2)4-9-5(8)7-6/h3H,1,4H2,2H3,(H,7,8). The highest BCUT2D eigenvalue weighted by molar-refractivity contribution is 5.71. The summed E-state index contributed by atoms with van der Waals surface area (Å²) in [6.45, 7) is 5.79. The first-order chi connectivity index (χ1) is 4.16. The lowest BCUT2D eigenvalue weighted by Crippen LogP contribution is -2.37. The average Bonchev–Trinajstić information content (AvgIpc) is 2.13. The molecule has 1 aliphatic heterocycles. The van der Waals surface area contributed by atoms with Gasteiger partial charge in [-0.1, -0.05) is 6.08 Å². The summed E-state index contributed by atoms with van der Waals surface area (Å²) in [5, 5.41) is 2.60. The fourth-order valence-corrected chi connectivity index (χ4v) is 0.631. The highest BCUT2D eigenvalue weighted by Crippen LogP contribution is 2.11. The molecular formula is C6H9NO2. The van der Waals surface area contributed by atoms with Gasteiger partial charge in [-0.3, -0.25) is 0 Å². The summed E-state index contributed by atoms with van der Waals surface area (Å²) in [5.41, 5.74) is -0.350. The van der Waals surface area contributed by atoms with Crippen molar-refractivity contribution in [3.05, 3.63) is 12.7 Å². The van der Waals surface area contributed by atoms with Crippen molar-refractivity contribution < 1.29 is 9.53 Å². The zero-order chi connectivity index (χ0) is 6.91. The summed E-state index contributed by atoms with van der Waals surface area (Å²) in [5.74, 6) is 0. The Labute approximate surface area is 53.7 Å². The predicted molar refractivity (Wildman–Crippen MR) is 33.1 cm³/mol. The number of carbonyl (C=O) groups excluding carboxylic acids is 1. The van der Waals surface area contributed by atoms with Crippen molar-refractivity contribution in [1.82, 2.24) is 5.32 Å². The van der Waals surface area contributed by atoms with E-state index in [-0.39, 0.29) is 11.6 Å². The van der Waals surface area contributed by atoms with Crippen molar-refractivity contribution in [1.29, 1.82) is 0 Å². The predicted octanol–water partition coefficient (Wildman–Crippen LogP) is 0.671. The Morgan fingerprint density at radius 3 is 2.89 bits per heavy atom. The summed E-state index contributed by atoms with van der Waals surface area (Å²) in [6, 6.07) is 0. The number of ether oxygens (including phenoxy) is 1. The van der Waals surface area contributed by atoms with Crippen LogP contribution in [0.1, 0.15) is 6.92 Å². The Bertz CT molecular complexity index is 155. The van der Waals surface area contributed by atoms with Crippen LogP contribution in [0.3, 0.4) is 0 Å². The van der Waals surface area contributed by atoms with Crippen LogP contribution in [0.5, 0.6) is 0 Å². The summed E-state index contributed by atoms with van der Waals surface area (Å²) < 4.78 is 4.64. The molecule has 1 rings (SSSR count). The topological polar surface area (TPSA) is 38.3 Å². The van der Waals surface area contributed by atoms with Crippen LogP contribution in [0, 0.1) is 0 Å². The summed E-state index contributed by atoms with van der Waals surface area (Å²) in [6.07, 6.45) is 1.30. The van der Waals surface area contributed by atoms with E-state index in [4.69, 9.17) is 0 Å². The zero-order valence-electron chi connectivity index (χ0n) is 5.31. The highest BCUT2D eigenvalue weighted by atomic mass is 16.6. The van der Waals surface area contributed by atoms with Crippen LogP contribution in [0.2, 0.25) is 0 Å². The largest absolute Gasteiger partial charge is 0.447 e. The molecule has 1 fully saturated rings. The van der Waals surface area contributed by atoms with Crippen molar-refractivity contribution in [2.75, 3.05) is 6.61 Å². The third-order valence-electron chi connectivity index (χ3n) is 1.34. The maximum Gasteiger partial charge on any atom is 0.408 e. The molecule has 1 heterocycles. The van der Waals surface area contributed by atoms with Gasteiger partial charge in [0, 0.05) is 0 Å². The molecule has 0 bridgehead atoms. The first-order valence-corrected chi connectivity index (χ1v) is 2.75. The minimum atomic E-state index is -0.364. The maximum absolute atomic E-state index is 10.4. The van der Waals surface area contributed by atoms with Crippen LogP contribution in [0.15, 0.2) is 12.7 Å². The van der Waals surface area contributed by atoms with Crippen molar-refractivity contribution in [2.45, 2.75) is 12.5 Å². The average molecular weight is 127 g/mol. The Balaban J connectivity index is 2.65. The molecule has 50 valence electrons. The molecule has 0 spiro atoms. The number of amides is 1. The number of rotatable bonds is 1. The summed E-state index contributed by atoms with van der Waals surface area (Å²) in [7, 11) is 0. The van der Waals surface area contributed by atoms with Gasteiger partial charge in [0.2, 0.25) is 0 Å². The van der Waals surface area contributed by atoms with E-state index in [9.17, 15) is 4.79 Å². The zero-order valence-corrected chi connectivity index (χ0v) is 5.31. The lowest BCUT2D eigenvalue weighted by atomic mass is 10.1. The Morgan fingerprint density at radius 2 is 2.67 bits per heavy atom. The van der Waals surface area contributed by atoms with Gasteiger partial charge in [-0.25, -0.2) is 4.79 Å². The fraction of sp³-hybridized carbons (Fsp3) is 0.500. The molecular weight excluding hydrogens is 118 g/mol. The minimum absolute atomic E-state index is 0.350. The lowest BCUT2D eigenvalue weighted by Gasteiger charge is -2.13. The first-order valence-electron chi connectivity index (χ1n) is 2.75. The Hall–Kier alpha value is -0.990. The number of nitrogens with one attached hydrogen (secondary N) is 1. The van der Waals surface area contributed by atoms with Crippen molar-refractivity contribution in [2.24, 2.45) is 0 Å². The van der Waals surface area contributed by atoms with Crippen LogP contribution in [0.4, 0.5) is 4.79 Å². The molecule has 9 heavy (non-hydrogen) atoms. The number of hydrogen-bond donors (Lipinski definition) is 1. The van der Waals surface area contributed by atoms with Gasteiger partial charge in [0.15, 0.2) is 0 Å². The number of alkyl carbamates (subject to hydrolysis) is 1. The van der Waals surface area contributed by atoms with Gasteiger partial charge in [-0.15, -0.1) is 6.58 Å². The maximum atomic E-state index is 10.4. The Morgan fingerprint density at radius 1 is 2.00 bits per heavy atom. The minimum Gasteiger partial charge on any atom is -0.447 e. The summed E-state index contributed by atoms with van der Waals surface area (Å²) in [4.78, 5) is 10.4. The summed E-state index contributed by atoms with van der Waals surface area (Å²) >= 11 is 0. The normalized spacial score (nSPS) is 33.2. The monoisotopic (exact) mass is 127 g/mol. The molecule has 0 aliphatic carbocycles. The SMILES string of the molecule is C=CC1(C)COC(=O)N1. The van der Waals surface area contributed by atoms with E-state index in [1.54, 1.807) is 6.08 Å². The van der Waals surface area contributed by atoms with E-state index in [0.717, 1.165) is 0 Å². The van der Waals surface area contributed by atoms with Gasteiger partial charge < -0.3 is 10.1 Å². The molecule has 1 amide bonds. The quantitative estimate of drug-likeness (QED) is 0.526. The molecule has 0 saturated carbocycles. The molecule has 1 N–H and O–H groups in total. The van der Waals surface area contributed by atoms with Crippen LogP contribution >= 0.6 is 0 Å². The van der Waals surface area contributed by atoms with E-state index >= 15 is 0 Å². The van der Waals surface area contributed by atoms with Crippen LogP contribution in [-0.2, 0) is 4.74 Å². The van der Waals surface area contributed by atoms with Crippen LogP contribution < -0.4 is 5.32 Å². The fourth-order valence-electron chi connectivity index (χ4n) is 0.631. The molecule has 1 aliphatic rings. The van der Waals surface area contributed by atoms with Gasteiger partial charge >= 0.3 is 6.09 Å². The molecule has 3 nitrogen and oxygen atoms in total. The van der Waals surface area contributed by atoms with Gasteiger partial charge in [0.05, 0.1) is 5.54 Å². The van der Waals surface area contributed by atoms with Crippen LogP contribution in [-0.4, -0.2) is 18.2 Å². The van der Waals surface area contributed by atoms with Gasteiger partial charge in [-0.2, -0.15) is 0 Å². The van der Waals surface area contributed by atoms with Gasteiger partial charge in [-0.05, 0) is 6.92 Å². The van der Waals surface area contributed by atoms with E-state index in [0.29, 0.717) is 6.61 Å². The van der Waals surface area contributed by atoms with Crippen LogP contribution in [0.25, 0.3) is 0 Å². The van der Waals surface area contributed by atoms with Crippen molar-refractivity contribution in [3.8, 4) is 0 Å². The molecule has 1 atom stereocenters. The second-order valence-electron chi connectivity index (χ2n) is 2.32. The van der Waals surface area contributed by atoms with Crippen molar-refractivity contribution >= 4 is 6.09 Å². The number of carbonyl (C=O) groups is 1. The second kappa shape index (κ2) is 1.76. The van der Waals surface area contributed by atoms with E-state index in [1.165, 1.54) is 0 Å². The molecule has 0 radical (unpaired) electrons. The lowest BCUT2D eigenvalue weighted by molar-refractivity contribution is 0.175.